The Labute approximate surface area is 172 Å². The molecule has 0 aliphatic carbocycles. The number of nitrogens with zero attached hydrogens (tertiary/aromatic N) is 1. The Morgan fingerprint density at radius 3 is 2.43 bits per heavy atom. The molecule has 0 aliphatic heterocycles. The van der Waals surface area contributed by atoms with Crippen LogP contribution in [0, 0.1) is 0 Å². The normalized spacial score (nSPS) is 10.7. The number of ether oxygens (including phenoxy) is 2. The van der Waals surface area contributed by atoms with E-state index in [1.54, 1.807) is 44.4 Å². The monoisotopic (exact) mass is 447 g/mol. The van der Waals surface area contributed by atoms with Crippen LogP contribution < -0.4 is 9.47 Å². The second kappa shape index (κ2) is 9.94. The van der Waals surface area contributed by atoms with Crippen LogP contribution in [0.5, 0.6) is 17.2 Å². The fraction of sp³-hybridized carbons (Fsp3) is 0.238. The smallest absolute Gasteiger partial charge is 0.259 e. The van der Waals surface area contributed by atoms with Crippen molar-refractivity contribution in [1.82, 2.24) is 4.90 Å². The minimum atomic E-state index is -0.189. The van der Waals surface area contributed by atoms with Crippen molar-refractivity contribution >= 4 is 33.7 Å². The van der Waals surface area contributed by atoms with Gasteiger partial charge in [-0.1, -0.05) is 6.08 Å². The summed E-state index contributed by atoms with van der Waals surface area (Å²) in [6, 6.07) is 9.56. The first-order chi connectivity index (χ1) is 13.3. The summed E-state index contributed by atoms with van der Waals surface area (Å²) in [4.78, 5) is 25.5. The molecule has 0 saturated heterocycles. The maximum Gasteiger partial charge on any atom is 0.259 e. The topological polar surface area (TPSA) is 76.1 Å². The number of phenols is 1. The van der Waals surface area contributed by atoms with Gasteiger partial charge in [0.2, 0.25) is 0 Å². The van der Waals surface area contributed by atoms with Gasteiger partial charge < -0.3 is 19.5 Å². The second-order valence-electron chi connectivity index (χ2n) is 6.08. The highest BCUT2D eigenvalue weighted by Crippen LogP contribution is 2.37. The molecule has 2 aromatic carbocycles. The number of ketones is 1. The quantitative estimate of drug-likeness (QED) is 0.490. The van der Waals surface area contributed by atoms with Gasteiger partial charge in [0, 0.05) is 19.7 Å². The van der Waals surface area contributed by atoms with Gasteiger partial charge in [0.05, 0.1) is 11.1 Å². The number of rotatable bonds is 8. The van der Waals surface area contributed by atoms with E-state index in [-0.39, 0.29) is 24.0 Å². The number of halogens is 1. The molecule has 0 radical (unpaired) electrons. The molecule has 0 heterocycles. The number of carbonyl (C=O) groups is 2. The third-order valence-corrected chi connectivity index (χ3v) is 4.34. The summed E-state index contributed by atoms with van der Waals surface area (Å²) in [7, 11) is 3.31. The van der Waals surface area contributed by atoms with Gasteiger partial charge in [-0.3, -0.25) is 9.59 Å². The van der Waals surface area contributed by atoms with Crippen molar-refractivity contribution in [3.63, 3.8) is 0 Å². The molecule has 2 rings (SSSR count). The van der Waals surface area contributed by atoms with Gasteiger partial charge in [-0.15, -0.1) is 0 Å². The molecule has 0 bridgehead atoms. The highest BCUT2D eigenvalue weighted by atomic mass is 79.9. The lowest BCUT2D eigenvalue weighted by molar-refractivity contribution is -0.130. The van der Waals surface area contributed by atoms with E-state index in [1.807, 2.05) is 6.92 Å². The van der Waals surface area contributed by atoms with Crippen molar-refractivity contribution in [1.29, 1.82) is 0 Å². The van der Waals surface area contributed by atoms with E-state index < -0.39 is 0 Å². The molecule has 0 saturated carbocycles. The summed E-state index contributed by atoms with van der Waals surface area (Å²) >= 11 is 3.44. The van der Waals surface area contributed by atoms with Crippen molar-refractivity contribution in [2.45, 2.75) is 6.92 Å². The van der Waals surface area contributed by atoms with Crippen LogP contribution in [-0.2, 0) is 4.79 Å². The van der Waals surface area contributed by atoms with Gasteiger partial charge in [0.1, 0.15) is 5.75 Å². The largest absolute Gasteiger partial charge is 0.508 e. The zero-order chi connectivity index (χ0) is 20.7. The molecule has 1 N–H and O–H groups in total. The van der Waals surface area contributed by atoms with Gasteiger partial charge >= 0.3 is 0 Å². The van der Waals surface area contributed by atoms with Crippen LogP contribution in [0.2, 0.25) is 0 Å². The Morgan fingerprint density at radius 1 is 1.14 bits per heavy atom. The number of hydrogen-bond acceptors (Lipinski definition) is 5. The second-order valence-corrected chi connectivity index (χ2v) is 6.94. The van der Waals surface area contributed by atoms with E-state index in [9.17, 15) is 14.7 Å². The molecular formula is C21H22BrNO5. The molecule has 0 aromatic heterocycles. The van der Waals surface area contributed by atoms with Gasteiger partial charge in [-0.2, -0.15) is 0 Å². The Bertz CT molecular complexity index is 875. The fourth-order valence-electron chi connectivity index (χ4n) is 2.24. The molecule has 0 atom stereocenters. The number of allylic oxidation sites excluding steroid dienone is 1. The molecule has 1 amide bonds. The maximum atomic E-state index is 12.3. The van der Waals surface area contributed by atoms with Crippen LogP contribution >= 0.6 is 15.9 Å². The first kappa shape index (κ1) is 21.5. The summed E-state index contributed by atoms with van der Waals surface area (Å²) in [5, 5.41) is 9.31. The van der Waals surface area contributed by atoms with Crippen molar-refractivity contribution in [2.75, 3.05) is 27.3 Å². The van der Waals surface area contributed by atoms with Crippen LogP contribution in [0.15, 0.2) is 46.9 Å². The van der Waals surface area contributed by atoms with E-state index >= 15 is 0 Å². The number of aromatic hydroxyl groups is 1. The van der Waals surface area contributed by atoms with E-state index in [2.05, 4.69) is 15.9 Å². The van der Waals surface area contributed by atoms with E-state index in [0.717, 1.165) is 5.56 Å². The third kappa shape index (κ3) is 5.85. The van der Waals surface area contributed by atoms with Gasteiger partial charge in [0.25, 0.3) is 5.91 Å². The summed E-state index contributed by atoms with van der Waals surface area (Å²) in [6.45, 7) is 2.16. The van der Waals surface area contributed by atoms with Crippen molar-refractivity contribution in [3.8, 4) is 17.2 Å². The van der Waals surface area contributed by atoms with Crippen molar-refractivity contribution in [3.05, 3.63) is 58.1 Å². The SMILES string of the molecule is CCOc1cc(/C=C/C(=O)c2ccc(O)cc2)cc(Br)c1OCC(=O)N(C)C. The highest BCUT2D eigenvalue weighted by molar-refractivity contribution is 9.10. The Balaban J connectivity index is 2.22. The summed E-state index contributed by atoms with van der Waals surface area (Å²) in [6.07, 6.45) is 3.11. The average molecular weight is 448 g/mol. The van der Waals surface area contributed by atoms with Crippen molar-refractivity contribution < 1.29 is 24.2 Å². The lowest BCUT2D eigenvalue weighted by atomic mass is 10.1. The lowest BCUT2D eigenvalue weighted by Crippen LogP contribution is -2.27. The summed E-state index contributed by atoms with van der Waals surface area (Å²) < 4.78 is 11.9. The zero-order valence-electron chi connectivity index (χ0n) is 15.9. The molecule has 2 aromatic rings. The van der Waals surface area contributed by atoms with Gasteiger partial charge in [-0.05, 0) is 70.9 Å². The molecular weight excluding hydrogens is 426 g/mol. The number of phenolic OH excluding ortho intramolecular Hbond substituents is 1. The molecule has 28 heavy (non-hydrogen) atoms. The lowest BCUT2D eigenvalue weighted by Gasteiger charge is -2.16. The maximum absolute atomic E-state index is 12.3. The molecule has 0 unspecified atom stereocenters. The Hall–Kier alpha value is -2.80. The third-order valence-electron chi connectivity index (χ3n) is 3.75. The van der Waals surface area contributed by atoms with Gasteiger partial charge in [-0.25, -0.2) is 0 Å². The van der Waals surface area contributed by atoms with Crippen molar-refractivity contribution in [2.24, 2.45) is 0 Å². The van der Waals surface area contributed by atoms with Crippen LogP contribution in [0.4, 0.5) is 0 Å². The molecule has 7 heteroatoms. The zero-order valence-corrected chi connectivity index (χ0v) is 17.5. The number of benzene rings is 2. The van der Waals surface area contributed by atoms with E-state index in [1.165, 1.54) is 23.1 Å². The van der Waals surface area contributed by atoms with Crippen LogP contribution in [-0.4, -0.2) is 49.0 Å². The van der Waals surface area contributed by atoms with Crippen LogP contribution in [0.1, 0.15) is 22.8 Å². The first-order valence-corrected chi connectivity index (χ1v) is 9.41. The number of carbonyl (C=O) groups excluding carboxylic acids is 2. The minimum absolute atomic E-state index is 0.106. The predicted molar refractivity (Wildman–Crippen MR) is 111 cm³/mol. The molecule has 0 spiro atoms. The van der Waals surface area contributed by atoms with Crippen LogP contribution in [0.25, 0.3) is 6.08 Å². The van der Waals surface area contributed by atoms with Crippen LogP contribution in [0.3, 0.4) is 0 Å². The number of amides is 1. The average Bonchev–Trinajstić information content (AvgIpc) is 2.66. The Kier molecular flexibility index (Phi) is 7.63. The highest BCUT2D eigenvalue weighted by Gasteiger charge is 2.14. The molecule has 6 nitrogen and oxygen atoms in total. The molecule has 0 fully saturated rings. The first-order valence-electron chi connectivity index (χ1n) is 8.62. The number of likely N-dealkylation sites (N-methyl/N-ethyl adjacent to an activating group) is 1. The summed E-state index contributed by atoms with van der Waals surface area (Å²) in [5.41, 5.74) is 1.20. The fourth-order valence-corrected chi connectivity index (χ4v) is 2.82. The van der Waals surface area contributed by atoms with E-state index in [0.29, 0.717) is 28.1 Å². The van der Waals surface area contributed by atoms with E-state index in [4.69, 9.17) is 9.47 Å². The molecule has 0 aliphatic rings. The number of hydrogen-bond donors (Lipinski definition) is 1. The minimum Gasteiger partial charge on any atom is -0.508 e. The summed E-state index contributed by atoms with van der Waals surface area (Å²) in [5.74, 6) is 0.650. The van der Waals surface area contributed by atoms with Gasteiger partial charge in [0.15, 0.2) is 23.9 Å². The Morgan fingerprint density at radius 2 is 1.82 bits per heavy atom. The molecule has 148 valence electrons. The predicted octanol–water partition coefficient (Wildman–Crippen LogP) is 3.92. The standard InChI is InChI=1S/C21H22BrNO5/c1-4-27-19-12-14(5-10-18(25)15-6-8-16(24)9-7-15)11-17(22)21(19)28-13-20(26)23(2)3/h5-12,24H,4,13H2,1-3H3/b10-5+.